The van der Waals surface area contributed by atoms with Crippen LogP contribution in [0.1, 0.15) is 48.9 Å². The van der Waals surface area contributed by atoms with Crippen LogP contribution >= 0.6 is 0 Å². The Labute approximate surface area is 125 Å². The number of carbonyl (C=O) groups is 2. The molecule has 2 fully saturated rings. The molecule has 4 nitrogen and oxygen atoms in total. The Kier molecular flexibility index (Phi) is 4.32. The zero-order valence-corrected chi connectivity index (χ0v) is 12.3. The highest BCUT2D eigenvalue weighted by Gasteiger charge is 2.32. The number of piperidine rings is 1. The number of rotatable bonds is 3. The van der Waals surface area contributed by atoms with Gasteiger partial charge < -0.3 is 4.90 Å². The Hall–Kier alpha value is -1.71. The van der Waals surface area contributed by atoms with Crippen molar-refractivity contribution in [2.45, 2.75) is 38.5 Å². The summed E-state index contributed by atoms with van der Waals surface area (Å²) in [4.78, 5) is 30.8. The largest absolute Gasteiger partial charge is 0.342 e. The summed E-state index contributed by atoms with van der Waals surface area (Å²) >= 11 is 0. The monoisotopic (exact) mass is 286 g/mol. The predicted molar refractivity (Wildman–Crippen MR) is 79.8 cm³/mol. The number of amides is 1. The minimum Gasteiger partial charge on any atom is -0.342 e. The average molecular weight is 286 g/mol. The number of hydrogen-bond acceptors (Lipinski definition) is 3. The van der Waals surface area contributed by atoms with Crippen LogP contribution < -0.4 is 0 Å². The van der Waals surface area contributed by atoms with Gasteiger partial charge in [-0.05, 0) is 37.8 Å². The zero-order valence-electron chi connectivity index (χ0n) is 12.3. The molecule has 1 aromatic rings. The summed E-state index contributed by atoms with van der Waals surface area (Å²) < 4.78 is 0. The lowest BCUT2D eigenvalue weighted by molar-refractivity contribution is -0.136. The van der Waals surface area contributed by atoms with Crippen molar-refractivity contribution >= 4 is 11.7 Å². The summed E-state index contributed by atoms with van der Waals surface area (Å²) in [7, 11) is 0. The van der Waals surface area contributed by atoms with E-state index in [-0.39, 0.29) is 17.6 Å². The van der Waals surface area contributed by atoms with Gasteiger partial charge in [0.25, 0.3) is 0 Å². The van der Waals surface area contributed by atoms with Crippen molar-refractivity contribution in [2.75, 3.05) is 13.1 Å². The lowest BCUT2D eigenvalue weighted by Crippen LogP contribution is -2.42. The number of pyridine rings is 1. The van der Waals surface area contributed by atoms with Crippen LogP contribution in [0.25, 0.3) is 0 Å². The molecule has 1 saturated carbocycles. The summed E-state index contributed by atoms with van der Waals surface area (Å²) in [6.07, 6.45) is 9.36. The number of aromatic nitrogens is 1. The quantitative estimate of drug-likeness (QED) is 0.803. The number of nitrogens with zero attached hydrogens (tertiary/aromatic N) is 2. The van der Waals surface area contributed by atoms with Crippen LogP contribution in [0, 0.1) is 11.8 Å². The van der Waals surface area contributed by atoms with E-state index in [4.69, 9.17) is 0 Å². The summed E-state index contributed by atoms with van der Waals surface area (Å²) in [6.45, 7) is 1.46. The standard InChI is InChI=1S/C17H22N2O2/c20-16(15-6-3-9-18-12-15)13-7-10-19(11-8-13)17(21)14-4-1-2-5-14/h3,6,9,12-14H,1-2,4-5,7-8,10-11H2. The predicted octanol–water partition coefficient (Wildman–Crippen LogP) is 2.69. The minimum atomic E-state index is 0.0434. The van der Waals surface area contributed by atoms with Gasteiger partial charge >= 0.3 is 0 Å². The van der Waals surface area contributed by atoms with E-state index in [1.165, 1.54) is 12.8 Å². The van der Waals surface area contributed by atoms with E-state index in [1.54, 1.807) is 18.5 Å². The lowest BCUT2D eigenvalue weighted by atomic mass is 9.89. The first-order valence-corrected chi connectivity index (χ1v) is 7.99. The van der Waals surface area contributed by atoms with Crippen molar-refractivity contribution in [1.82, 2.24) is 9.88 Å². The second-order valence-electron chi connectivity index (χ2n) is 6.19. The van der Waals surface area contributed by atoms with Crippen LogP contribution in [0.5, 0.6) is 0 Å². The molecule has 21 heavy (non-hydrogen) atoms. The molecule has 1 aromatic heterocycles. The molecule has 0 unspecified atom stereocenters. The topological polar surface area (TPSA) is 50.3 Å². The SMILES string of the molecule is O=C(c1cccnc1)C1CCN(C(=O)C2CCCC2)CC1. The highest BCUT2D eigenvalue weighted by Crippen LogP contribution is 2.29. The van der Waals surface area contributed by atoms with Crippen LogP contribution in [0.3, 0.4) is 0 Å². The van der Waals surface area contributed by atoms with Gasteiger partial charge in [0.1, 0.15) is 0 Å². The van der Waals surface area contributed by atoms with Crippen LogP contribution in [0.2, 0.25) is 0 Å². The zero-order chi connectivity index (χ0) is 14.7. The Bertz CT molecular complexity index is 501. The second kappa shape index (κ2) is 6.37. The Morgan fingerprint density at radius 3 is 2.38 bits per heavy atom. The number of hydrogen-bond donors (Lipinski definition) is 0. The van der Waals surface area contributed by atoms with Gasteiger partial charge in [-0.2, -0.15) is 0 Å². The van der Waals surface area contributed by atoms with Gasteiger partial charge in [-0.15, -0.1) is 0 Å². The molecule has 1 aliphatic heterocycles. The van der Waals surface area contributed by atoms with Gasteiger partial charge in [-0.3, -0.25) is 14.6 Å². The van der Waals surface area contributed by atoms with Gasteiger partial charge in [0.05, 0.1) is 0 Å². The molecule has 0 bridgehead atoms. The molecule has 1 aliphatic carbocycles. The number of Topliss-reactive ketones (excluding diaryl/α,β-unsaturated/α-hetero) is 1. The van der Waals surface area contributed by atoms with E-state index in [1.807, 2.05) is 11.0 Å². The van der Waals surface area contributed by atoms with Gasteiger partial charge in [-0.25, -0.2) is 0 Å². The first kappa shape index (κ1) is 14.2. The number of likely N-dealkylation sites (tertiary alicyclic amines) is 1. The van der Waals surface area contributed by atoms with Crippen LogP contribution in [0.15, 0.2) is 24.5 Å². The van der Waals surface area contributed by atoms with Crippen LogP contribution in [0.4, 0.5) is 0 Å². The summed E-state index contributed by atoms with van der Waals surface area (Å²) in [5.41, 5.74) is 0.693. The third kappa shape index (κ3) is 3.14. The van der Waals surface area contributed by atoms with Gasteiger partial charge in [0, 0.05) is 42.9 Å². The smallest absolute Gasteiger partial charge is 0.225 e. The molecule has 2 aliphatic rings. The summed E-state index contributed by atoms with van der Waals surface area (Å²) in [5.74, 6) is 0.785. The minimum absolute atomic E-state index is 0.0434. The van der Waals surface area contributed by atoms with Crippen molar-refractivity contribution < 1.29 is 9.59 Å². The third-order valence-corrected chi connectivity index (χ3v) is 4.83. The molecule has 0 atom stereocenters. The number of ketones is 1. The van der Waals surface area contributed by atoms with Crippen molar-refractivity contribution in [3.63, 3.8) is 0 Å². The molecule has 4 heteroatoms. The van der Waals surface area contributed by atoms with Crippen LogP contribution in [-0.2, 0) is 4.79 Å². The molecule has 0 aromatic carbocycles. The van der Waals surface area contributed by atoms with Crippen molar-refractivity contribution in [3.8, 4) is 0 Å². The maximum Gasteiger partial charge on any atom is 0.225 e. The maximum absolute atomic E-state index is 12.4. The fourth-order valence-electron chi connectivity index (χ4n) is 3.54. The van der Waals surface area contributed by atoms with Gasteiger partial charge in [0.2, 0.25) is 5.91 Å². The van der Waals surface area contributed by atoms with Crippen LogP contribution in [-0.4, -0.2) is 34.7 Å². The van der Waals surface area contributed by atoms with E-state index < -0.39 is 0 Å². The molecule has 1 saturated heterocycles. The molecular weight excluding hydrogens is 264 g/mol. The fourth-order valence-corrected chi connectivity index (χ4v) is 3.54. The second-order valence-corrected chi connectivity index (χ2v) is 6.19. The first-order valence-electron chi connectivity index (χ1n) is 7.99. The molecule has 2 heterocycles. The van der Waals surface area contributed by atoms with E-state index in [0.29, 0.717) is 11.5 Å². The Morgan fingerprint density at radius 1 is 1.05 bits per heavy atom. The molecule has 0 radical (unpaired) electrons. The Morgan fingerprint density at radius 2 is 1.76 bits per heavy atom. The van der Waals surface area contributed by atoms with Gasteiger partial charge in [0.15, 0.2) is 5.78 Å². The van der Waals surface area contributed by atoms with E-state index >= 15 is 0 Å². The number of carbonyl (C=O) groups excluding carboxylic acids is 2. The molecular formula is C17H22N2O2. The van der Waals surface area contributed by atoms with Crippen molar-refractivity contribution in [1.29, 1.82) is 0 Å². The van der Waals surface area contributed by atoms with E-state index in [9.17, 15) is 9.59 Å². The molecule has 0 spiro atoms. The van der Waals surface area contributed by atoms with Crippen molar-refractivity contribution in [3.05, 3.63) is 30.1 Å². The van der Waals surface area contributed by atoms with E-state index in [0.717, 1.165) is 38.8 Å². The maximum atomic E-state index is 12.4. The highest BCUT2D eigenvalue weighted by atomic mass is 16.2. The van der Waals surface area contributed by atoms with Gasteiger partial charge in [-0.1, -0.05) is 12.8 Å². The third-order valence-electron chi connectivity index (χ3n) is 4.83. The first-order chi connectivity index (χ1) is 10.3. The molecule has 3 rings (SSSR count). The molecule has 0 N–H and O–H groups in total. The summed E-state index contributed by atoms with van der Waals surface area (Å²) in [6, 6.07) is 3.62. The average Bonchev–Trinajstić information content (AvgIpc) is 3.09. The van der Waals surface area contributed by atoms with Crippen molar-refractivity contribution in [2.24, 2.45) is 11.8 Å². The fraction of sp³-hybridized carbons (Fsp3) is 0.588. The normalized spacial score (nSPS) is 20.7. The highest BCUT2D eigenvalue weighted by molar-refractivity contribution is 5.97. The van der Waals surface area contributed by atoms with E-state index in [2.05, 4.69) is 4.98 Å². The molecule has 1 amide bonds. The Balaban J connectivity index is 1.55. The lowest BCUT2D eigenvalue weighted by Gasteiger charge is -2.33. The molecule has 112 valence electrons. The summed E-state index contributed by atoms with van der Waals surface area (Å²) in [5, 5.41) is 0.